The average Bonchev–Trinajstić information content (AvgIpc) is 3.17. The summed E-state index contributed by atoms with van der Waals surface area (Å²) in [5.74, 6) is 0.602. The highest BCUT2D eigenvalue weighted by molar-refractivity contribution is 7.70. The number of amides is 1. The molecule has 1 amide bonds. The van der Waals surface area contributed by atoms with Crippen molar-refractivity contribution < 1.29 is 9.36 Å². The number of pyridine rings is 1. The highest BCUT2D eigenvalue weighted by Crippen LogP contribution is 2.34. The van der Waals surface area contributed by atoms with Crippen LogP contribution in [0.2, 0.25) is 0 Å². The summed E-state index contributed by atoms with van der Waals surface area (Å²) in [5.41, 5.74) is 2.78. The topological polar surface area (TPSA) is 92.5 Å². The van der Waals surface area contributed by atoms with Crippen LogP contribution in [0.25, 0.3) is 16.6 Å². The van der Waals surface area contributed by atoms with Gasteiger partial charge in [0, 0.05) is 49.0 Å². The highest BCUT2D eigenvalue weighted by Gasteiger charge is 2.24. The predicted molar refractivity (Wildman–Crippen MR) is 158 cm³/mol. The third-order valence-corrected chi connectivity index (χ3v) is 9.15. The second-order valence-corrected chi connectivity index (χ2v) is 14.0. The Balaban J connectivity index is 1.37. The Bertz CT molecular complexity index is 1610. The zero-order valence-corrected chi connectivity index (χ0v) is 24.0. The Kier molecular flexibility index (Phi) is 7.23. The van der Waals surface area contributed by atoms with Gasteiger partial charge in [0.15, 0.2) is 0 Å². The van der Waals surface area contributed by atoms with Crippen molar-refractivity contribution in [2.24, 2.45) is 7.05 Å². The Morgan fingerprint density at radius 2 is 1.67 bits per heavy atom. The number of nitrogens with zero attached hydrogens (tertiary/aromatic N) is 5. The molecule has 4 aromatic rings. The van der Waals surface area contributed by atoms with Crippen molar-refractivity contribution in [2.45, 2.75) is 18.9 Å². The van der Waals surface area contributed by atoms with Crippen molar-refractivity contribution in [1.29, 1.82) is 0 Å². The molecule has 0 radical (unpaired) electrons. The van der Waals surface area contributed by atoms with Gasteiger partial charge in [0.1, 0.15) is 13.0 Å². The molecule has 10 heteroatoms. The first-order valence-corrected chi connectivity index (χ1v) is 15.7. The number of likely N-dealkylation sites (tertiary alicyclic amines) is 1. The molecule has 39 heavy (non-hydrogen) atoms. The van der Waals surface area contributed by atoms with E-state index in [-0.39, 0.29) is 17.5 Å². The summed E-state index contributed by atoms with van der Waals surface area (Å²) in [7, 11) is 3.34. The van der Waals surface area contributed by atoms with Gasteiger partial charge in [-0.2, -0.15) is 0 Å². The maximum atomic E-state index is 13.1. The summed E-state index contributed by atoms with van der Waals surface area (Å²) >= 11 is 0. The molecule has 0 spiro atoms. The van der Waals surface area contributed by atoms with E-state index in [2.05, 4.69) is 22.2 Å². The Hall–Kier alpha value is -3.68. The lowest BCUT2D eigenvalue weighted by atomic mass is 10.0. The second-order valence-electron chi connectivity index (χ2n) is 10.7. The molecule has 0 unspecified atom stereocenters. The predicted octanol–water partition coefficient (Wildman–Crippen LogP) is 3.88. The number of carbonyl (C=O) groups excluding carboxylic acids is 1. The molecule has 2 aromatic heterocycles. The fourth-order valence-corrected chi connectivity index (χ4v) is 6.01. The van der Waals surface area contributed by atoms with Gasteiger partial charge in [0.2, 0.25) is 0 Å². The number of piperidine rings is 1. The van der Waals surface area contributed by atoms with Gasteiger partial charge in [0.05, 0.1) is 16.6 Å². The zero-order chi connectivity index (χ0) is 27.9. The smallest absolute Gasteiger partial charge is 0.276 e. The van der Waals surface area contributed by atoms with Crippen molar-refractivity contribution in [3.8, 4) is 5.69 Å². The molecule has 0 bridgehead atoms. The SMILES string of the molecule is CN1CCC(N(C)C(=O)c2ccc(Nc3cc4c(cn3)c(=O)n(C)n4-c3ccc(P(C)(C)=O)cc3)cc2)CC1. The van der Waals surface area contributed by atoms with Crippen molar-refractivity contribution in [2.75, 3.05) is 45.8 Å². The summed E-state index contributed by atoms with van der Waals surface area (Å²) in [4.78, 5) is 34.6. The largest absolute Gasteiger partial charge is 0.340 e. The van der Waals surface area contributed by atoms with Gasteiger partial charge < -0.3 is 19.7 Å². The van der Waals surface area contributed by atoms with E-state index in [9.17, 15) is 14.2 Å². The van der Waals surface area contributed by atoms with Crippen LogP contribution in [-0.4, -0.2) is 76.6 Å². The van der Waals surface area contributed by atoms with Crippen molar-refractivity contribution in [1.82, 2.24) is 24.1 Å². The molecule has 1 N–H and O–H groups in total. The minimum absolute atomic E-state index is 0.0254. The molecule has 0 atom stereocenters. The minimum Gasteiger partial charge on any atom is -0.340 e. The van der Waals surface area contributed by atoms with Gasteiger partial charge in [-0.05, 0) is 94.8 Å². The molecule has 1 aliphatic rings. The van der Waals surface area contributed by atoms with Gasteiger partial charge in [-0.15, -0.1) is 0 Å². The van der Waals surface area contributed by atoms with E-state index in [0.717, 1.165) is 42.6 Å². The van der Waals surface area contributed by atoms with Crippen LogP contribution < -0.4 is 16.2 Å². The Morgan fingerprint density at radius 3 is 2.28 bits per heavy atom. The molecular weight excluding hydrogens is 511 g/mol. The lowest BCUT2D eigenvalue weighted by Gasteiger charge is -2.35. The van der Waals surface area contributed by atoms with E-state index in [1.807, 2.05) is 71.2 Å². The standard InChI is InChI=1S/C29H35N6O3P/c1-32-16-14-22(15-17-32)33(2)28(36)20-6-8-21(9-7-20)31-27-18-26-25(19-30-27)29(37)34(3)35(26)23-10-12-24(13-11-23)39(4,5)38/h6-13,18-19,22H,14-17H2,1-5H3,(H,30,31). The molecule has 1 saturated heterocycles. The molecule has 3 heterocycles. The van der Waals surface area contributed by atoms with Crippen molar-refractivity contribution in [3.05, 3.63) is 76.7 Å². The Labute approximate surface area is 228 Å². The number of carbonyl (C=O) groups is 1. The number of aromatic nitrogens is 3. The van der Waals surface area contributed by atoms with Crippen LogP contribution >= 0.6 is 7.14 Å². The maximum Gasteiger partial charge on any atom is 0.276 e. The van der Waals surface area contributed by atoms with Crippen LogP contribution in [0, 0.1) is 0 Å². The number of benzene rings is 2. The van der Waals surface area contributed by atoms with Gasteiger partial charge in [-0.25, -0.2) is 9.67 Å². The normalized spacial score (nSPS) is 15.0. The summed E-state index contributed by atoms with van der Waals surface area (Å²) in [5, 5.41) is 4.58. The first kappa shape index (κ1) is 26.9. The zero-order valence-electron chi connectivity index (χ0n) is 23.1. The third-order valence-electron chi connectivity index (χ3n) is 7.61. The first-order valence-electron chi connectivity index (χ1n) is 13.1. The molecule has 0 saturated carbocycles. The van der Waals surface area contributed by atoms with Crippen molar-refractivity contribution >= 4 is 40.8 Å². The lowest BCUT2D eigenvalue weighted by molar-refractivity contribution is 0.0659. The Morgan fingerprint density at radius 1 is 1.03 bits per heavy atom. The summed E-state index contributed by atoms with van der Waals surface area (Å²) in [6.07, 6.45) is 3.55. The second kappa shape index (κ2) is 10.5. The molecule has 1 fully saturated rings. The molecule has 0 aliphatic carbocycles. The van der Waals surface area contributed by atoms with Crippen LogP contribution in [0.3, 0.4) is 0 Å². The maximum absolute atomic E-state index is 13.1. The fourth-order valence-electron chi connectivity index (χ4n) is 5.14. The first-order chi connectivity index (χ1) is 18.5. The number of hydrogen-bond acceptors (Lipinski definition) is 6. The monoisotopic (exact) mass is 546 g/mol. The molecule has 9 nitrogen and oxygen atoms in total. The van der Waals surface area contributed by atoms with Crippen LogP contribution in [0.15, 0.2) is 65.6 Å². The van der Waals surface area contributed by atoms with Gasteiger partial charge >= 0.3 is 0 Å². The van der Waals surface area contributed by atoms with Crippen LogP contribution in [0.1, 0.15) is 23.2 Å². The number of hydrogen-bond donors (Lipinski definition) is 1. The third kappa shape index (κ3) is 5.42. The van der Waals surface area contributed by atoms with E-state index in [0.29, 0.717) is 22.3 Å². The molecule has 2 aromatic carbocycles. The van der Waals surface area contributed by atoms with Crippen LogP contribution in [0.5, 0.6) is 0 Å². The number of nitrogens with one attached hydrogen (secondary N) is 1. The number of rotatable bonds is 6. The van der Waals surface area contributed by atoms with E-state index in [1.165, 1.54) is 0 Å². The van der Waals surface area contributed by atoms with E-state index in [4.69, 9.17) is 0 Å². The van der Waals surface area contributed by atoms with Gasteiger partial charge in [-0.3, -0.25) is 14.3 Å². The van der Waals surface area contributed by atoms with Crippen LogP contribution in [0.4, 0.5) is 11.5 Å². The van der Waals surface area contributed by atoms with Crippen LogP contribution in [-0.2, 0) is 11.6 Å². The average molecular weight is 547 g/mol. The van der Waals surface area contributed by atoms with E-state index in [1.54, 1.807) is 31.3 Å². The number of anilines is 2. The van der Waals surface area contributed by atoms with Crippen molar-refractivity contribution in [3.63, 3.8) is 0 Å². The van der Waals surface area contributed by atoms with E-state index < -0.39 is 7.14 Å². The molecule has 5 rings (SSSR count). The summed E-state index contributed by atoms with van der Waals surface area (Å²) < 4.78 is 15.8. The number of fused-ring (bicyclic) bond motifs is 1. The minimum atomic E-state index is -2.38. The lowest BCUT2D eigenvalue weighted by Crippen LogP contribution is -2.44. The molecule has 204 valence electrons. The molecular formula is C29H35N6O3P. The quantitative estimate of drug-likeness (QED) is 0.369. The summed E-state index contributed by atoms with van der Waals surface area (Å²) in [6, 6.07) is 16.9. The van der Waals surface area contributed by atoms with Gasteiger partial charge in [-0.1, -0.05) is 0 Å². The molecule has 1 aliphatic heterocycles. The fraction of sp³-hybridized carbons (Fsp3) is 0.345. The van der Waals surface area contributed by atoms with Gasteiger partial charge in [0.25, 0.3) is 11.5 Å². The summed E-state index contributed by atoms with van der Waals surface area (Å²) in [6.45, 7) is 5.48. The van der Waals surface area contributed by atoms with E-state index >= 15 is 0 Å². The highest BCUT2D eigenvalue weighted by atomic mass is 31.2.